The van der Waals surface area contributed by atoms with Crippen LogP contribution in [0.1, 0.15) is 5.76 Å². The maximum atomic E-state index is 12.2. The average Bonchev–Trinajstić information content (AvgIpc) is 3.16. The second-order valence-electron chi connectivity index (χ2n) is 6.35. The van der Waals surface area contributed by atoms with Crippen molar-refractivity contribution in [2.24, 2.45) is 0 Å². The normalized spacial score (nSPS) is 10.8. The van der Waals surface area contributed by atoms with Gasteiger partial charge in [-0.2, -0.15) is 0 Å². The van der Waals surface area contributed by atoms with Gasteiger partial charge in [0.25, 0.3) is 5.56 Å². The Bertz CT molecular complexity index is 1320. The fraction of sp³-hybridized carbons (Fsp3) is 0.0952. The van der Waals surface area contributed by atoms with E-state index < -0.39 is 11.2 Å². The molecule has 4 rings (SSSR count). The minimum absolute atomic E-state index is 0.0565. The number of imidazole rings is 1. The number of aryl methyl sites for hydroxylation is 1. The number of methoxy groups -OCH3 is 1. The standard InChI is InChI=1S/C21H17N3O5/c1-11-9-15(25)18(26)19(29-11)17-16(12-5-3-6-13(10-12)28-2)23-20(24-17)14-7-4-8-22-21(14)27/h3-10,26H,1-2H3,(H,22,27)(H,23,24). The van der Waals surface area contributed by atoms with Gasteiger partial charge in [-0.05, 0) is 31.2 Å². The third-order valence-electron chi connectivity index (χ3n) is 4.39. The molecule has 0 atom stereocenters. The SMILES string of the molecule is COc1cccc(-c2nc(-c3ccc[nH]c3=O)[nH]c2-c2oc(C)cc(=O)c2O)c1. The number of benzene rings is 1. The summed E-state index contributed by atoms with van der Waals surface area (Å²) < 4.78 is 10.9. The molecule has 0 aliphatic heterocycles. The van der Waals surface area contributed by atoms with Crippen LogP contribution in [0.5, 0.6) is 11.5 Å². The van der Waals surface area contributed by atoms with Gasteiger partial charge in [0.15, 0.2) is 5.76 Å². The van der Waals surface area contributed by atoms with Gasteiger partial charge in [0.1, 0.15) is 28.7 Å². The molecule has 4 aromatic rings. The van der Waals surface area contributed by atoms with Crippen LogP contribution >= 0.6 is 0 Å². The van der Waals surface area contributed by atoms with Crippen molar-refractivity contribution in [2.75, 3.05) is 7.11 Å². The number of H-pyrrole nitrogens is 2. The Morgan fingerprint density at radius 3 is 2.72 bits per heavy atom. The van der Waals surface area contributed by atoms with Gasteiger partial charge in [-0.25, -0.2) is 4.98 Å². The van der Waals surface area contributed by atoms with E-state index in [-0.39, 0.29) is 22.8 Å². The molecule has 0 saturated carbocycles. The molecule has 29 heavy (non-hydrogen) atoms. The highest BCUT2D eigenvalue weighted by molar-refractivity contribution is 5.81. The molecule has 0 fully saturated rings. The number of hydrogen-bond acceptors (Lipinski definition) is 6. The molecular weight excluding hydrogens is 374 g/mol. The van der Waals surface area contributed by atoms with E-state index in [2.05, 4.69) is 15.0 Å². The lowest BCUT2D eigenvalue weighted by Crippen LogP contribution is -2.07. The highest BCUT2D eigenvalue weighted by Crippen LogP contribution is 2.36. The Kier molecular flexibility index (Phi) is 4.52. The predicted octanol–water partition coefficient (Wildman–Crippen LogP) is 3.07. The number of pyridine rings is 1. The summed E-state index contributed by atoms with van der Waals surface area (Å²) in [5, 5.41) is 10.3. The molecule has 0 aliphatic rings. The summed E-state index contributed by atoms with van der Waals surface area (Å²) in [5.41, 5.74) is 0.713. The Morgan fingerprint density at radius 1 is 1.14 bits per heavy atom. The summed E-state index contributed by atoms with van der Waals surface area (Å²) in [4.78, 5) is 34.5. The zero-order valence-corrected chi connectivity index (χ0v) is 15.6. The zero-order chi connectivity index (χ0) is 20.5. The second kappa shape index (κ2) is 7.16. The number of nitrogens with zero attached hydrogens (tertiary/aromatic N) is 1. The number of hydrogen-bond donors (Lipinski definition) is 3. The van der Waals surface area contributed by atoms with Crippen LogP contribution in [0.3, 0.4) is 0 Å². The van der Waals surface area contributed by atoms with Gasteiger partial charge in [0.05, 0.1) is 12.7 Å². The minimum atomic E-state index is -0.575. The first kappa shape index (κ1) is 18.3. The van der Waals surface area contributed by atoms with Crippen molar-refractivity contribution < 1.29 is 14.3 Å². The fourth-order valence-electron chi connectivity index (χ4n) is 3.03. The summed E-state index contributed by atoms with van der Waals surface area (Å²) >= 11 is 0. The third-order valence-corrected chi connectivity index (χ3v) is 4.39. The van der Waals surface area contributed by atoms with Crippen LogP contribution in [0, 0.1) is 6.92 Å². The van der Waals surface area contributed by atoms with E-state index in [4.69, 9.17) is 9.15 Å². The van der Waals surface area contributed by atoms with Crippen molar-refractivity contribution in [1.82, 2.24) is 15.0 Å². The van der Waals surface area contributed by atoms with E-state index in [1.54, 1.807) is 50.4 Å². The molecule has 0 radical (unpaired) electrons. The predicted molar refractivity (Wildman–Crippen MR) is 107 cm³/mol. The number of nitrogens with one attached hydrogen (secondary N) is 2. The summed E-state index contributed by atoms with van der Waals surface area (Å²) in [6.45, 7) is 1.61. The van der Waals surface area contributed by atoms with E-state index in [0.29, 0.717) is 28.3 Å². The molecule has 0 bridgehead atoms. The van der Waals surface area contributed by atoms with Crippen molar-refractivity contribution >= 4 is 0 Å². The van der Waals surface area contributed by atoms with Gasteiger partial charge in [0, 0.05) is 17.8 Å². The number of aromatic hydroxyl groups is 1. The van der Waals surface area contributed by atoms with E-state index in [1.807, 2.05) is 0 Å². The van der Waals surface area contributed by atoms with Gasteiger partial charge in [-0.1, -0.05) is 12.1 Å². The fourth-order valence-corrected chi connectivity index (χ4v) is 3.03. The summed E-state index contributed by atoms with van der Waals surface area (Å²) in [7, 11) is 1.55. The van der Waals surface area contributed by atoms with Crippen LogP contribution in [0.2, 0.25) is 0 Å². The van der Waals surface area contributed by atoms with Crippen molar-refractivity contribution in [3.8, 4) is 45.6 Å². The van der Waals surface area contributed by atoms with Crippen molar-refractivity contribution in [3.05, 3.63) is 75.0 Å². The highest BCUT2D eigenvalue weighted by Gasteiger charge is 2.22. The number of ether oxygens (including phenoxy) is 1. The first-order valence-corrected chi connectivity index (χ1v) is 8.74. The molecule has 3 N–H and O–H groups in total. The highest BCUT2D eigenvalue weighted by atomic mass is 16.5. The van der Waals surface area contributed by atoms with Crippen molar-refractivity contribution in [2.45, 2.75) is 6.92 Å². The quantitative estimate of drug-likeness (QED) is 0.492. The molecule has 8 heteroatoms. The average molecular weight is 391 g/mol. The Balaban J connectivity index is 2.02. The van der Waals surface area contributed by atoms with Gasteiger partial charge < -0.3 is 24.2 Å². The van der Waals surface area contributed by atoms with Crippen molar-refractivity contribution in [3.63, 3.8) is 0 Å². The second-order valence-corrected chi connectivity index (χ2v) is 6.35. The first-order valence-electron chi connectivity index (χ1n) is 8.74. The number of aromatic nitrogens is 3. The smallest absolute Gasteiger partial charge is 0.258 e. The largest absolute Gasteiger partial charge is 0.501 e. The lowest BCUT2D eigenvalue weighted by Gasteiger charge is -2.06. The summed E-state index contributed by atoms with van der Waals surface area (Å²) in [6.07, 6.45) is 1.52. The van der Waals surface area contributed by atoms with Crippen LogP contribution < -0.4 is 15.7 Å². The van der Waals surface area contributed by atoms with E-state index in [1.165, 1.54) is 12.3 Å². The molecule has 3 aromatic heterocycles. The molecule has 0 unspecified atom stereocenters. The maximum Gasteiger partial charge on any atom is 0.258 e. The zero-order valence-electron chi connectivity index (χ0n) is 15.6. The summed E-state index contributed by atoms with van der Waals surface area (Å²) in [6, 6.07) is 11.6. The van der Waals surface area contributed by atoms with Crippen LogP contribution in [-0.4, -0.2) is 27.2 Å². The third kappa shape index (κ3) is 3.31. The minimum Gasteiger partial charge on any atom is -0.501 e. The number of aromatic amines is 2. The van der Waals surface area contributed by atoms with E-state index >= 15 is 0 Å². The first-order chi connectivity index (χ1) is 14.0. The lowest BCUT2D eigenvalue weighted by molar-refractivity contribution is 0.415. The van der Waals surface area contributed by atoms with Crippen molar-refractivity contribution in [1.29, 1.82) is 0 Å². The number of rotatable bonds is 4. The Morgan fingerprint density at radius 2 is 1.97 bits per heavy atom. The molecule has 0 spiro atoms. The Hall–Kier alpha value is -4.07. The molecular formula is C21H17N3O5. The molecule has 3 heterocycles. The molecule has 8 nitrogen and oxygen atoms in total. The Labute approximate surface area is 164 Å². The molecule has 0 amide bonds. The van der Waals surface area contributed by atoms with Crippen LogP contribution in [0.4, 0.5) is 0 Å². The molecule has 146 valence electrons. The monoisotopic (exact) mass is 391 g/mol. The van der Waals surface area contributed by atoms with E-state index in [9.17, 15) is 14.7 Å². The van der Waals surface area contributed by atoms with Gasteiger partial charge >= 0.3 is 0 Å². The van der Waals surface area contributed by atoms with E-state index in [0.717, 1.165) is 0 Å². The lowest BCUT2D eigenvalue weighted by atomic mass is 10.1. The van der Waals surface area contributed by atoms with Gasteiger partial charge in [0.2, 0.25) is 11.2 Å². The topological polar surface area (TPSA) is 121 Å². The van der Waals surface area contributed by atoms with Crippen LogP contribution in [0.15, 0.2) is 62.7 Å². The van der Waals surface area contributed by atoms with Gasteiger partial charge in [-0.15, -0.1) is 0 Å². The van der Waals surface area contributed by atoms with Crippen LogP contribution in [-0.2, 0) is 0 Å². The van der Waals surface area contributed by atoms with Gasteiger partial charge in [-0.3, -0.25) is 9.59 Å². The summed E-state index contributed by atoms with van der Waals surface area (Å²) in [5.74, 6) is 0.595. The van der Waals surface area contributed by atoms with Crippen LogP contribution in [0.25, 0.3) is 34.1 Å². The maximum absolute atomic E-state index is 12.2. The molecule has 0 saturated heterocycles. The molecule has 1 aromatic carbocycles. The molecule has 0 aliphatic carbocycles.